The Balaban J connectivity index is 2.21. The number of aryl methyl sites for hydroxylation is 1. The molecule has 1 fully saturated rings. The number of anilines is 1. The lowest BCUT2D eigenvalue weighted by Crippen LogP contribution is -2.06. The van der Waals surface area contributed by atoms with Crippen LogP contribution >= 0.6 is 0 Å². The SMILES string of the molecule is Cc1ccc(S(C)(=O)=O)cc1NCC1CC1. The molecule has 0 aromatic heterocycles. The lowest BCUT2D eigenvalue weighted by Gasteiger charge is -2.10. The second-order valence-corrected chi connectivity index (χ2v) is 6.59. The van der Waals surface area contributed by atoms with Gasteiger partial charge in [-0.3, -0.25) is 0 Å². The summed E-state index contributed by atoms with van der Waals surface area (Å²) in [6.07, 6.45) is 3.82. The molecule has 16 heavy (non-hydrogen) atoms. The smallest absolute Gasteiger partial charge is 0.175 e. The molecule has 0 unspecified atom stereocenters. The molecule has 3 nitrogen and oxygen atoms in total. The molecule has 88 valence electrons. The van der Waals surface area contributed by atoms with Gasteiger partial charge in [-0.2, -0.15) is 0 Å². The number of rotatable bonds is 4. The van der Waals surface area contributed by atoms with Crippen LogP contribution in [-0.4, -0.2) is 21.2 Å². The highest BCUT2D eigenvalue weighted by Gasteiger charge is 2.21. The third-order valence-electron chi connectivity index (χ3n) is 2.92. The van der Waals surface area contributed by atoms with Crippen LogP contribution in [0.5, 0.6) is 0 Å². The first-order chi connectivity index (χ1) is 7.47. The summed E-state index contributed by atoms with van der Waals surface area (Å²) in [6.45, 7) is 2.94. The molecule has 0 amide bonds. The van der Waals surface area contributed by atoms with Crippen molar-refractivity contribution in [3.8, 4) is 0 Å². The van der Waals surface area contributed by atoms with E-state index in [1.807, 2.05) is 13.0 Å². The zero-order chi connectivity index (χ0) is 11.8. The fourth-order valence-corrected chi connectivity index (χ4v) is 2.25. The van der Waals surface area contributed by atoms with Gasteiger partial charge < -0.3 is 5.32 Å². The van der Waals surface area contributed by atoms with Crippen LogP contribution in [0.15, 0.2) is 23.1 Å². The first-order valence-corrected chi connectivity index (χ1v) is 7.40. The van der Waals surface area contributed by atoms with Gasteiger partial charge in [0.2, 0.25) is 0 Å². The summed E-state index contributed by atoms with van der Waals surface area (Å²) in [5.41, 5.74) is 2.03. The largest absolute Gasteiger partial charge is 0.385 e. The van der Waals surface area contributed by atoms with Gasteiger partial charge >= 0.3 is 0 Å². The normalized spacial score (nSPS) is 16.1. The third kappa shape index (κ3) is 2.76. The number of hydrogen-bond donors (Lipinski definition) is 1. The van der Waals surface area contributed by atoms with Gasteiger partial charge in [-0.15, -0.1) is 0 Å². The Hall–Kier alpha value is -1.03. The van der Waals surface area contributed by atoms with Crippen molar-refractivity contribution in [2.24, 2.45) is 5.92 Å². The minimum absolute atomic E-state index is 0.386. The van der Waals surface area contributed by atoms with Crippen LogP contribution in [0.3, 0.4) is 0 Å². The average Bonchev–Trinajstić information content (AvgIpc) is 2.98. The van der Waals surface area contributed by atoms with Crippen molar-refractivity contribution in [3.63, 3.8) is 0 Å². The van der Waals surface area contributed by atoms with E-state index in [4.69, 9.17) is 0 Å². The number of sulfone groups is 1. The van der Waals surface area contributed by atoms with Gasteiger partial charge in [0.15, 0.2) is 9.84 Å². The van der Waals surface area contributed by atoms with Crippen molar-refractivity contribution >= 4 is 15.5 Å². The highest BCUT2D eigenvalue weighted by Crippen LogP contribution is 2.29. The summed E-state index contributed by atoms with van der Waals surface area (Å²) >= 11 is 0. The van der Waals surface area contributed by atoms with E-state index < -0.39 is 9.84 Å². The molecule has 1 saturated carbocycles. The standard InChI is InChI=1S/C12H17NO2S/c1-9-3-6-11(16(2,14)15)7-12(9)13-8-10-4-5-10/h3,6-7,10,13H,4-5,8H2,1-2H3. The molecule has 0 bridgehead atoms. The Morgan fingerprint density at radius 1 is 1.38 bits per heavy atom. The van der Waals surface area contributed by atoms with Crippen LogP contribution in [-0.2, 0) is 9.84 Å². The van der Waals surface area contributed by atoms with Crippen LogP contribution in [0.1, 0.15) is 18.4 Å². The van der Waals surface area contributed by atoms with Crippen molar-refractivity contribution in [3.05, 3.63) is 23.8 Å². The Bertz CT molecular complexity index is 490. The summed E-state index contributed by atoms with van der Waals surface area (Å²) in [7, 11) is -3.11. The van der Waals surface area contributed by atoms with Crippen molar-refractivity contribution in [1.29, 1.82) is 0 Å². The fourth-order valence-electron chi connectivity index (χ4n) is 1.60. The monoisotopic (exact) mass is 239 g/mol. The molecular formula is C12H17NO2S. The topological polar surface area (TPSA) is 46.2 Å². The summed E-state index contributed by atoms with van der Waals surface area (Å²) in [4.78, 5) is 0.386. The number of hydrogen-bond acceptors (Lipinski definition) is 3. The van der Waals surface area contributed by atoms with Crippen LogP contribution in [0, 0.1) is 12.8 Å². The lowest BCUT2D eigenvalue weighted by molar-refractivity contribution is 0.602. The Morgan fingerprint density at radius 3 is 2.62 bits per heavy atom. The van der Waals surface area contributed by atoms with Crippen LogP contribution in [0.2, 0.25) is 0 Å². The summed E-state index contributed by atoms with van der Waals surface area (Å²) in [6, 6.07) is 5.24. The molecule has 0 saturated heterocycles. The molecule has 0 atom stereocenters. The third-order valence-corrected chi connectivity index (χ3v) is 4.03. The molecule has 1 aromatic rings. The predicted molar refractivity (Wildman–Crippen MR) is 65.5 cm³/mol. The van der Waals surface area contributed by atoms with E-state index in [1.54, 1.807) is 12.1 Å². The molecule has 0 aliphatic heterocycles. The van der Waals surface area contributed by atoms with Crippen LogP contribution in [0.4, 0.5) is 5.69 Å². The maximum atomic E-state index is 11.4. The predicted octanol–water partition coefficient (Wildman–Crippen LogP) is 2.22. The second-order valence-electron chi connectivity index (χ2n) is 4.57. The fraction of sp³-hybridized carbons (Fsp3) is 0.500. The molecule has 1 aliphatic carbocycles. The van der Waals surface area contributed by atoms with Crippen molar-refractivity contribution < 1.29 is 8.42 Å². The number of nitrogens with one attached hydrogen (secondary N) is 1. The van der Waals surface area contributed by atoms with Gasteiger partial charge in [-0.1, -0.05) is 6.07 Å². The van der Waals surface area contributed by atoms with E-state index in [9.17, 15) is 8.42 Å². The maximum absolute atomic E-state index is 11.4. The Morgan fingerprint density at radius 2 is 2.06 bits per heavy atom. The molecular weight excluding hydrogens is 222 g/mol. The van der Waals surface area contributed by atoms with Gasteiger partial charge in [-0.05, 0) is 43.4 Å². The highest BCUT2D eigenvalue weighted by molar-refractivity contribution is 7.90. The van der Waals surface area contributed by atoms with E-state index in [1.165, 1.54) is 19.1 Å². The first-order valence-electron chi connectivity index (χ1n) is 5.51. The number of benzene rings is 1. The maximum Gasteiger partial charge on any atom is 0.175 e. The second kappa shape index (κ2) is 4.09. The highest BCUT2D eigenvalue weighted by atomic mass is 32.2. The Labute approximate surface area is 96.8 Å². The molecule has 2 rings (SSSR count). The van der Waals surface area contributed by atoms with Crippen molar-refractivity contribution in [2.45, 2.75) is 24.7 Å². The molecule has 4 heteroatoms. The van der Waals surface area contributed by atoms with Gasteiger partial charge in [0.05, 0.1) is 4.90 Å². The molecule has 0 spiro atoms. The van der Waals surface area contributed by atoms with Crippen molar-refractivity contribution in [2.75, 3.05) is 18.1 Å². The minimum atomic E-state index is -3.11. The van der Waals surface area contributed by atoms with Gasteiger partial charge in [0.1, 0.15) is 0 Å². The zero-order valence-electron chi connectivity index (χ0n) is 9.66. The van der Waals surface area contributed by atoms with Crippen molar-refractivity contribution in [1.82, 2.24) is 0 Å². The molecule has 0 radical (unpaired) electrons. The minimum Gasteiger partial charge on any atom is -0.385 e. The average molecular weight is 239 g/mol. The quantitative estimate of drug-likeness (QED) is 0.876. The van der Waals surface area contributed by atoms with Crippen LogP contribution < -0.4 is 5.32 Å². The summed E-state index contributed by atoms with van der Waals surface area (Å²) in [5.74, 6) is 0.779. The summed E-state index contributed by atoms with van der Waals surface area (Å²) in [5, 5.41) is 3.32. The lowest BCUT2D eigenvalue weighted by atomic mass is 10.2. The van der Waals surface area contributed by atoms with Gasteiger partial charge in [0.25, 0.3) is 0 Å². The zero-order valence-corrected chi connectivity index (χ0v) is 10.5. The van der Waals surface area contributed by atoms with E-state index in [0.29, 0.717) is 4.90 Å². The molecule has 1 aliphatic rings. The van der Waals surface area contributed by atoms with E-state index in [0.717, 1.165) is 23.7 Å². The van der Waals surface area contributed by atoms with E-state index >= 15 is 0 Å². The molecule has 1 N–H and O–H groups in total. The van der Waals surface area contributed by atoms with Crippen LogP contribution in [0.25, 0.3) is 0 Å². The summed E-state index contributed by atoms with van der Waals surface area (Å²) < 4.78 is 22.8. The van der Waals surface area contributed by atoms with Gasteiger partial charge in [-0.25, -0.2) is 8.42 Å². The molecule has 1 aromatic carbocycles. The molecule has 0 heterocycles. The van der Waals surface area contributed by atoms with Gasteiger partial charge in [0, 0.05) is 18.5 Å². The van der Waals surface area contributed by atoms with E-state index in [-0.39, 0.29) is 0 Å². The first kappa shape index (κ1) is 11.5. The van der Waals surface area contributed by atoms with E-state index in [2.05, 4.69) is 5.32 Å². The Kier molecular flexibility index (Phi) is 2.93.